The number of nitrogens with zero attached hydrogens (tertiary/aromatic N) is 5. The van der Waals surface area contributed by atoms with E-state index in [-0.39, 0.29) is 19.6 Å². The molecule has 2 aliphatic heterocycles. The predicted octanol–water partition coefficient (Wildman–Crippen LogP) is -1.98. The summed E-state index contributed by atoms with van der Waals surface area (Å²) in [4.78, 5) is 27.7. The second kappa shape index (κ2) is 7.65. The Morgan fingerprint density at radius 3 is 2.81 bits per heavy atom. The Morgan fingerprint density at radius 2 is 2.31 bits per heavy atom. The Kier molecular flexibility index (Phi) is 5.76. The molecule has 0 aliphatic carbocycles. The van der Waals surface area contributed by atoms with Gasteiger partial charge in [-0.15, -0.1) is 4.28 Å². The van der Waals surface area contributed by atoms with E-state index in [0.717, 1.165) is 0 Å². The van der Waals surface area contributed by atoms with Crippen LogP contribution in [-0.4, -0.2) is 69.8 Å². The van der Waals surface area contributed by atoms with Gasteiger partial charge in [-0.25, -0.2) is 4.79 Å². The van der Waals surface area contributed by atoms with Crippen LogP contribution in [0.3, 0.4) is 0 Å². The first-order chi connectivity index (χ1) is 12.2. The first-order valence-electron chi connectivity index (χ1n) is 7.06. The zero-order chi connectivity index (χ0) is 19.5. The summed E-state index contributed by atoms with van der Waals surface area (Å²) in [6.07, 6.45) is 2.60. The van der Waals surface area contributed by atoms with E-state index >= 15 is 0 Å². The molecule has 1 atom stereocenters. The Hall–Kier alpha value is -2.75. The van der Waals surface area contributed by atoms with Crippen LogP contribution in [0.5, 0.6) is 0 Å². The number of primary amides is 1. The number of hydrogen-bond acceptors (Lipinski definition) is 8. The first-order valence-corrected chi connectivity index (χ1v) is 8.42. The fraction of sp³-hybridized carbons (Fsp3) is 0.455. The number of amides is 3. The number of hydroxylamine groups is 3. The molecule has 26 heavy (non-hydrogen) atoms. The van der Waals surface area contributed by atoms with Gasteiger partial charge in [0, 0.05) is 12.6 Å². The molecule has 3 amide bonds. The fourth-order valence-corrected chi connectivity index (χ4v) is 2.95. The van der Waals surface area contributed by atoms with Gasteiger partial charge < -0.3 is 10.6 Å². The summed E-state index contributed by atoms with van der Waals surface area (Å²) < 4.78 is 36.1. The van der Waals surface area contributed by atoms with Crippen molar-refractivity contribution in [2.75, 3.05) is 13.6 Å². The summed E-state index contributed by atoms with van der Waals surface area (Å²) in [5.41, 5.74) is 7.95. The molecule has 0 spiro atoms. The van der Waals surface area contributed by atoms with Gasteiger partial charge in [0.15, 0.2) is 0 Å². The van der Waals surface area contributed by atoms with Crippen molar-refractivity contribution in [1.29, 1.82) is 0 Å². The molecule has 15 heteroatoms. The summed E-state index contributed by atoms with van der Waals surface area (Å²) in [6, 6.07) is -1.43. The van der Waals surface area contributed by atoms with Gasteiger partial charge in [0.1, 0.15) is 18.9 Å². The number of hydrogen-bond donors (Lipinski definition) is 4. The van der Waals surface area contributed by atoms with Gasteiger partial charge in [0.05, 0.1) is 25.0 Å². The second-order valence-corrected chi connectivity index (χ2v) is 6.20. The van der Waals surface area contributed by atoms with Gasteiger partial charge in [-0.1, -0.05) is 0 Å². The molecule has 2 aliphatic rings. The molecule has 2 bridgehead atoms. The highest BCUT2D eigenvalue weighted by molar-refractivity contribution is 7.80. The zero-order valence-electron chi connectivity index (χ0n) is 13.5. The maximum atomic E-state index is 12.0. The van der Waals surface area contributed by atoms with Crippen molar-refractivity contribution in [3.8, 4) is 0 Å². The van der Waals surface area contributed by atoms with E-state index in [9.17, 15) is 18.0 Å². The van der Waals surface area contributed by atoms with Crippen molar-refractivity contribution in [2.24, 2.45) is 10.7 Å². The number of aromatic nitrogens is 2. The molecule has 144 valence electrons. The molecule has 5 N–H and O–H groups in total. The molecule has 3 heterocycles. The molecular weight excluding hydrogens is 374 g/mol. The van der Waals surface area contributed by atoms with E-state index in [1.807, 2.05) is 0 Å². The topological polar surface area (TPSA) is 193 Å². The summed E-state index contributed by atoms with van der Waals surface area (Å²) in [5.74, 6) is -0.591. The van der Waals surface area contributed by atoms with Crippen molar-refractivity contribution < 1.29 is 32.1 Å². The summed E-state index contributed by atoms with van der Waals surface area (Å²) in [6.45, 7) is 0.191. The summed E-state index contributed by atoms with van der Waals surface area (Å²) in [5, 5.41) is 12.2. The van der Waals surface area contributed by atoms with Crippen LogP contribution < -0.4 is 11.2 Å². The third kappa shape index (κ3) is 4.26. The molecule has 0 saturated carbocycles. The average Bonchev–Trinajstić information content (AvgIpc) is 3.03. The highest BCUT2D eigenvalue weighted by Crippen LogP contribution is 2.38. The van der Waals surface area contributed by atoms with Crippen LogP contribution in [0.2, 0.25) is 0 Å². The Bertz CT molecular complexity index is 821. The van der Waals surface area contributed by atoms with Crippen LogP contribution in [-0.2, 0) is 32.6 Å². The summed E-state index contributed by atoms with van der Waals surface area (Å²) in [7, 11) is -3.26. The van der Waals surface area contributed by atoms with Crippen molar-refractivity contribution in [3.05, 3.63) is 17.5 Å². The lowest BCUT2D eigenvalue weighted by atomic mass is 10.1. The third-order valence-corrected chi connectivity index (χ3v) is 3.83. The summed E-state index contributed by atoms with van der Waals surface area (Å²) >= 11 is 0. The second-order valence-electron chi connectivity index (χ2n) is 5.19. The minimum absolute atomic E-state index is 0.142. The van der Waals surface area contributed by atoms with E-state index < -0.39 is 28.4 Å². The first kappa shape index (κ1) is 19.6. The lowest BCUT2D eigenvalue weighted by Gasteiger charge is -2.22. The van der Waals surface area contributed by atoms with Crippen LogP contribution in [0.4, 0.5) is 4.79 Å². The van der Waals surface area contributed by atoms with E-state index in [4.69, 9.17) is 15.5 Å². The number of fused-ring (bicyclic) bond motifs is 4. The highest BCUT2D eigenvalue weighted by atomic mass is 32.3. The molecule has 1 saturated heterocycles. The Morgan fingerprint density at radius 1 is 1.62 bits per heavy atom. The van der Waals surface area contributed by atoms with Crippen LogP contribution in [0.1, 0.15) is 17.3 Å². The van der Waals surface area contributed by atoms with Gasteiger partial charge in [-0.2, -0.15) is 18.6 Å². The van der Waals surface area contributed by atoms with Gasteiger partial charge in [0.2, 0.25) is 5.91 Å². The Balaban J connectivity index is 0.000000431. The molecule has 1 aromatic heterocycles. The minimum Gasteiger partial charge on any atom is -0.368 e. The highest BCUT2D eigenvalue weighted by Gasteiger charge is 2.47. The normalized spacial score (nSPS) is 18.6. The van der Waals surface area contributed by atoms with Crippen LogP contribution in [0.15, 0.2) is 11.2 Å². The molecule has 1 unspecified atom stereocenters. The number of carbonyl (C=O) groups is 2. The molecular formula is C11H17N7O7S. The number of nitrogens with two attached hydrogens (primary N) is 1. The third-order valence-electron chi connectivity index (χ3n) is 3.48. The molecule has 1 fully saturated rings. The number of carbonyl (C=O) groups excluding carboxylic acids is 2. The minimum atomic E-state index is -4.82. The molecule has 0 radical (unpaired) electrons. The van der Waals surface area contributed by atoms with Crippen LogP contribution >= 0.6 is 0 Å². The van der Waals surface area contributed by atoms with Gasteiger partial charge in [0.25, 0.3) is 0 Å². The van der Waals surface area contributed by atoms with Crippen LogP contribution in [0.25, 0.3) is 0 Å². The Labute approximate surface area is 147 Å². The standard InChI is InChI=1S/C9H11N5O6S.C2H6N2O/c10-8(15)4-13-6-2-12-3-7(5(6)1-11-13)14(9(12)16)20-21(17,18)19;1-3-2-4-5/h1,7H,2-4H2,(H2,10,15)(H,17,18,19);2,5H,1H3,(H,3,4). The van der Waals surface area contributed by atoms with Crippen LogP contribution in [0, 0.1) is 0 Å². The van der Waals surface area contributed by atoms with Gasteiger partial charge in [-0.3, -0.25) is 29.7 Å². The van der Waals surface area contributed by atoms with Crippen molar-refractivity contribution in [1.82, 2.24) is 25.2 Å². The van der Waals surface area contributed by atoms with Crippen molar-refractivity contribution in [3.63, 3.8) is 0 Å². The smallest absolute Gasteiger partial charge is 0.368 e. The number of rotatable bonds is 5. The monoisotopic (exact) mass is 391 g/mol. The lowest BCUT2D eigenvalue weighted by molar-refractivity contribution is -0.118. The van der Waals surface area contributed by atoms with E-state index in [1.165, 1.54) is 22.1 Å². The quantitative estimate of drug-likeness (QED) is 0.190. The van der Waals surface area contributed by atoms with E-state index in [1.54, 1.807) is 12.5 Å². The maximum Gasteiger partial charge on any atom is 0.418 e. The SMILES string of the molecule is CN=CNO.NC(=O)Cn1ncc2c1CN1CC2N(OS(=O)(=O)O)C1=O. The molecule has 14 nitrogen and oxygen atoms in total. The average molecular weight is 391 g/mol. The van der Waals surface area contributed by atoms with E-state index in [2.05, 4.69) is 14.4 Å². The number of aliphatic imine (C=N–C) groups is 1. The fourth-order valence-electron chi connectivity index (χ4n) is 2.57. The van der Waals surface area contributed by atoms with Gasteiger partial charge >= 0.3 is 16.4 Å². The largest absolute Gasteiger partial charge is 0.418 e. The maximum absolute atomic E-state index is 12.0. The molecule has 1 aromatic rings. The molecule has 0 aromatic carbocycles. The van der Waals surface area contributed by atoms with Crippen molar-refractivity contribution >= 4 is 28.7 Å². The predicted molar refractivity (Wildman–Crippen MR) is 83.8 cm³/mol. The number of nitrogens with one attached hydrogen (secondary N) is 1. The zero-order valence-corrected chi connectivity index (χ0v) is 14.3. The van der Waals surface area contributed by atoms with E-state index in [0.29, 0.717) is 16.3 Å². The molecule has 3 rings (SSSR count). The lowest BCUT2D eigenvalue weighted by Crippen LogP contribution is -2.32. The van der Waals surface area contributed by atoms with Gasteiger partial charge in [-0.05, 0) is 0 Å². The van der Waals surface area contributed by atoms with Crippen molar-refractivity contribution in [2.45, 2.75) is 19.1 Å². The number of urea groups is 1.